The van der Waals surface area contributed by atoms with Crippen LogP contribution < -0.4 is 15.4 Å². The van der Waals surface area contributed by atoms with E-state index in [0.29, 0.717) is 22.5 Å². The maximum Gasteiger partial charge on any atom is 0.230 e. The van der Waals surface area contributed by atoms with Crippen LogP contribution in [-0.2, 0) is 6.61 Å². The average Bonchev–Trinajstić information content (AvgIpc) is 2.53. The van der Waals surface area contributed by atoms with Crippen LogP contribution in [0.3, 0.4) is 0 Å². The first-order chi connectivity index (χ1) is 11.1. The molecule has 1 aromatic heterocycles. The summed E-state index contributed by atoms with van der Waals surface area (Å²) in [6.07, 6.45) is 0. The molecule has 0 bridgehead atoms. The van der Waals surface area contributed by atoms with Crippen LogP contribution in [-0.4, -0.2) is 53.1 Å². The fourth-order valence-electron chi connectivity index (χ4n) is 2.34. The zero-order chi connectivity index (χ0) is 16.2. The molecule has 1 fully saturated rings. The molecule has 122 valence electrons. The Balaban J connectivity index is 1.70. The monoisotopic (exact) mass is 334 g/mol. The Morgan fingerprint density at radius 2 is 1.96 bits per heavy atom. The van der Waals surface area contributed by atoms with Crippen LogP contribution in [0.25, 0.3) is 0 Å². The van der Waals surface area contributed by atoms with E-state index >= 15 is 0 Å². The highest BCUT2D eigenvalue weighted by Gasteiger charge is 2.18. The van der Waals surface area contributed by atoms with E-state index in [1.54, 1.807) is 12.1 Å². The summed E-state index contributed by atoms with van der Waals surface area (Å²) in [5, 5.41) is 0.621. The molecule has 1 aromatic carbocycles. The van der Waals surface area contributed by atoms with Gasteiger partial charge in [0.15, 0.2) is 5.82 Å². The van der Waals surface area contributed by atoms with E-state index in [1.807, 2.05) is 12.1 Å². The van der Waals surface area contributed by atoms with E-state index in [1.165, 1.54) is 0 Å². The zero-order valence-corrected chi connectivity index (χ0v) is 13.7. The fourth-order valence-corrected chi connectivity index (χ4v) is 2.52. The molecule has 7 nitrogen and oxygen atoms in total. The topological polar surface area (TPSA) is 80.4 Å². The number of nitrogens with zero attached hydrogens (tertiary/aromatic N) is 5. The largest absolute Gasteiger partial charge is 0.486 e. The molecule has 0 atom stereocenters. The molecular weight excluding hydrogens is 316 g/mol. The number of benzene rings is 1. The second-order valence-corrected chi connectivity index (χ2v) is 5.88. The third-order valence-corrected chi connectivity index (χ3v) is 3.87. The lowest BCUT2D eigenvalue weighted by Gasteiger charge is -2.32. The van der Waals surface area contributed by atoms with E-state index in [9.17, 15) is 0 Å². The molecule has 0 unspecified atom stereocenters. The predicted octanol–water partition coefficient (Wildman–Crippen LogP) is 1.44. The van der Waals surface area contributed by atoms with Gasteiger partial charge in [-0.2, -0.15) is 15.0 Å². The lowest BCUT2D eigenvalue weighted by molar-refractivity contribution is 0.294. The number of ether oxygens (including phenoxy) is 1. The first kappa shape index (κ1) is 15.8. The van der Waals surface area contributed by atoms with Gasteiger partial charge < -0.3 is 20.3 Å². The van der Waals surface area contributed by atoms with Gasteiger partial charge in [-0.15, -0.1) is 0 Å². The van der Waals surface area contributed by atoms with E-state index in [-0.39, 0.29) is 12.6 Å². The Morgan fingerprint density at radius 3 is 2.70 bits per heavy atom. The third-order valence-electron chi connectivity index (χ3n) is 3.64. The van der Waals surface area contributed by atoms with Crippen molar-refractivity contribution in [2.75, 3.05) is 43.9 Å². The highest BCUT2D eigenvalue weighted by Crippen LogP contribution is 2.18. The van der Waals surface area contributed by atoms with Gasteiger partial charge in [0, 0.05) is 31.2 Å². The Hall–Kier alpha value is -2.12. The van der Waals surface area contributed by atoms with Gasteiger partial charge in [0.05, 0.1) is 0 Å². The summed E-state index contributed by atoms with van der Waals surface area (Å²) in [5.41, 5.74) is 5.81. The van der Waals surface area contributed by atoms with Crippen LogP contribution in [0.4, 0.5) is 11.9 Å². The number of nitrogen functional groups attached to an aromatic ring is 1. The van der Waals surface area contributed by atoms with E-state index < -0.39 is 0 Å². The number of aromatic nitrogens is 3. The number of hydrogen-bond acceptors (Lipinski definition) is 7. The highest BCUT2D eigenvalue weighted by molar-refractivity contribution is 6.30. The number of anilines is 2. The first-order valence-corrected chi connectivity index (χ1v) is 7.80. The van der Waals surface area contributed by atoms with Gasteiger partial charge in [-0.05, 0) is 25.2 Å². The van der Waals surface area contributed by atoms with Crippen molar-refractivity contribution in [3.8, 4) is 5.75 Å². The summed E-state index contributed by atoms with van der Waals surface area (Å²) >= 11 is 5.94. The van der Waals surface area contributed by atoms with Crippen molar-refractivity contribution in [3.05, 3.63) is 35.1 Å². The first-order valence-electron chi connectivity index (χ1n) is 7.42. The summed E-state index contributed by atoms with van der Waals surface area (Å²) in [6.45, 7) is 3.90. The molecule has 0 radical (unpaired) electrons. The lowest BCUT2D eigenvalue weighted by Crippen LogP contribution is -2.45. The molecule has 8 heteroatoms. The molecule has 0 spiro atoms. The van der Waals surface area contributed by atoms with Gasteiger partial charge >= 0.3 is 0 Å². The Kier molecular flexibility index (Phi) is 4.78. The number of halogens is 1. The number of hydrogen-bond donors (Lipinski definition) is 1. The summed E-state index contributed by atoms with van der Waals surface area (Å²) in [5.74, 6) is 1.98. The van der Waals surface area contributed by atoms with Crippen molar-refractivity contribution in [1.29, 1.82) is 0 Å². The van der Waals surface area contributed by atoms with Crippen LogP contribution in [0.1, 0.15) is 5.82 Å². The van der Waals surface area contributed by atoms with Crippen molar-refractivity contribution in [2.24, 2.45) is 0 Å². The van der Waals surface area contributed by atoms with Crippen LogP contribution in [0.15, 0.2) is 24.3 Å². The van der Waals surface area contributed by atoms with Crippen LogP contribution >= 0.6 is 11.6 Å². The van der Waals surface area contributed by atoms with Crippen molar-refractivity contribution in [2.45, 2.75) is 6.61 Å². The molecular formula is C15H19ClN6O. The molecule has 2 heterocycles. The molecule has 0 saturated carbocycles. The van der Waals surface area contributed by atoms with Gasteiger partial charge in [0.1, 0.15) is 12.4 Å². The van der Waals surface area contributed by atoms with Crippen LogP contribution in [0.5, 0.6) is 5.75 Å². The molecule has 1 saturated heterocycles. The smallest absolute Gasteiger partial charge is 0.230 e. The third kappa shape index (κ3) is 4.20. The van der Waals surface area contributed by atoms with Crippen LogP contribution in [0, 0.1) is 0 Å². The number of nitrogens with two attached hydrogens (primary N) is 1. The minimum Gasteiger partial charge on any atom is -0.486 e. The number of likely N-dealkylation sites (N-methyl/N-ethyl adjacent to an activating group) is 1. The minimum absolute atomic E-state index is 0.207. The molecule has 23 heavy (non-hydrogen) atoms. The number of rotatable bonds is 4. The zero-order valence-electron chi connectivity index (χ0n) is 12.9. The standard InChI is InChI=1S/C15H19ClN6O/c1-21-5-7-22(8-6-21)15-19-13(18-14(17)20-15)10-23-12-4-2-3-11(16)9-12/h2-4,9H,5-8,10H2,1H3,(H2,17,18,19,20). The average molecular weight is 335 g/mol. The highest BCUT2D eigenvalue weighted by atomic mass is 35.5. The van der Waals surface area contributed by atoms with Crippen molar-refractivity contribution >= 4 is 23.5 Å². The van der Waals surface area contributed by atoms with Gasteiger partial charge in [0.25, 0.3) is 0 Å². The number of piperazine rings is 1. The normalized spacial score (nSPS) is 15.7. The van der Waals surface area contributed by atoms with E-state index in [0.717, 1.165) is 26.2 Å². The molecule has 1 aliphatic rings. The SMILES string of the molecule is CN1CCN(c2nc(N)nc(COc3cccc(Cl)c3)n2)CC1. The molecule has 0 aliphatic carbocycles. The molecule has 1 aliphatic heterocycles. The summed E-state index contributed by atoms with van der Waals surface area (Å²) < 4.78 is 5.67. The van der Waals surface area contributed by atoms with Gasteiger partial charge in [0.2, 0.25) is 11.9 Å². The second-order valence-electron chi connectivity index (χ2n) is 5.45. The quantitative estimate of drug-likeness (QED) is 0.906. The van der Waals surface area contributed by atoms with E-state index in [4.69, 9.17) is 22.1 Å². The minimum atomic E-state index is 0.207. The van der Waals surface area contributed by atoms with Crippen molar-refractivity contribution < 1.29 is 4.74 Å². The van der Waals surface area contributed by atoms with Gasteiger partial charge in [-0.25, -0.2) is 0 Å². The Labute approximate surface area is 140 Å². The summed E-state index contributed by atoms with van der Waals surface area (Å²) in [7, 11) is 2.10. The van der Waals surface area contributed by atoms with Gasteiger partial charge in [-0.3, -0.25) is 0 Å². The maximum absolute atomic E-state index is 5.94. The van der Waals surface area contributed by atoms with Crippen molar-refractivity contribution in [1.82, 2.24) is 19.9 Å². The summed E-state index contributed by atoms with van der Waals surface area (Å²) in [4.78, 5) is 17.2. The van der Waals surface area contributed by atoms with E-state index in [2.05, 4.69) is 31.8 Å². The second kappa shape index (κ2) is 6.97. The maximum atomic E-state index is 5.94. The molecule has 0 amide bonds. The summed E-state index contributed by atoms with van der Waals surface area (Å²) in [6, 6.07) is 7.20. The Bertz CT molecular complexity index is 675. The van der Waals surface area contributed by atoms with Crippen molar-refractivity contribution in [3.63, 3.8) is 0 Å². The fraction of sp³-hybridized carbons (Fsp3) is 0.400. The van der Waals surface area contributed by atoms with Gasteiger partial charge in [-0.1, -0.05) is 17.7 Å². The molecule has 2 N–H and O–H groups in total. The molecule has 2 aromatic rings. The predicted molar refractivity (Wildman–Crippen MR) is 89.7 cm³/mol. The van der Waals surface area contributed by atoms with Crippen LogP contribution in [0.2, 0.25) is 5.02 Å². The molecule has 3 rings (SSSR count). The lowest BCUT2D eigenvalue weighted by atomic mass is 10.3. The Morgan fingerprint density at radius 1 is 1.17 bits per heavy atom.